The van der Waals surface area contributed by atoms with Crippen LogP contribution in [0.4, 0.5) is 0 Å². The summed E-state index contributed by atoms with van der Waals surface area (Å²) in [5.41, 5.74) is 5.32. The number of allylic oxidation sites excluding steroid dienone is 15. The molecule has 63 heavy (non-hydrogen) atoms. The minimum absolute atomic E-state index is 0.00898. The number of phosphoric ester groups is 1. The summed E-state index contributed by atoms with van der Waals surface area (Å²) in [6, 6.07) is -1.58. The number of Topliss-reactive ketones (excluding diaryl/α,β-unsaturated/α-hetero) is 1. The molecule has 1 rings (SSSR count). The van der Waals surface area contributed by atoms with E-state index in [9.17, 15) is 38.8 Å². The Kier molecular flexibility index (Phi) is 32.9. The lowest BCUT2D eigenvalue weighted by Crippen LogP contribution is -2.34. The summed E-state index contributed by atoms with van der Waals surface area (Å²) in [6.45, 7) is 2.21. The van der Waals surface area contributed by atoms with Gasteiger partial charge in [-0.05, 0) is 70.6 Å². The van der Waals surface area contributed by atoms with Crippen LogP contribution in [0.1, 0.15) is 123 Å². The highest BCUT2D eigenvalue weighted by Gasteiger charge is 2.39. The number of hydrogen-bond donors (Lipinski definition) is 5. The van der Waals surface area contributed by atoms with Gasteiger partial charge in [-0.25, -0.2) is 4.57 Å². The van der Waals surface area contributed by atoms with Gasteiger partial charge in [0, 0.05) is 31.1 Å². The van der Waals surface area contributed by atoms with Crippen LogP contribution in [0.25, 0.3) is 0 Å². The molecule has 6 N–H and O–H groups in total. The van der Waals surface area contributed by atoms with Gasteiger partial charge in [-0.2, -0.15) is 0 Å². The summed E-state index contributed by atoms with van der Waals surface area (Å²) >= 11 is 0. The van der Waals surface area contributed by atoms with Crippen LogP contribution in [0.5, 0.6) is 0 Å². The first-order chi connectivity index (χ1) is 30.3. The van der Waals surface area contributed by atoms with Crippen LogP contribution in [-0.2, 0) is 42.3 Å². The third-order valence-electron chi connectivity index (χ3n) is 9.71. The number of unbranched alkanes of at least 4 members (excludes halogenated alkanes) is 3. The summed E-state index contributed by atoms with van der Waals surface area (Å²) in [6.07, 6.45) is 40.0. The van der Waals surface area contributed by atoms with Crippen LogP contribution < -0.4 is 5.73 Å². The predicted molar refractivity (Wildman–Crippen MR) is 245 cm³/mol. The number of nitrogens with two attached hydrogens (primary N) is 1. The van der Waals surface area contributed by atoms with Crippen molar-refractivity contribution in [2.75, 3.05) is 19.8 Å². The third kappa shape index (κ3) is 30.7. The number of aliphatic hydroxyl groups excluding tert-OH is 2. The summed E-state index contributed by atoms with van der Waals surface area (Å²) in [5, 5.41) is 29.6. The Labute approximate surface area is 375 Å². The maximum Gasteiger partial charge on any atom is 0.472 e. The van der Waals surface area contributed by atoms with Crippen LogP contribution in [0.3, 0.4) is 0 Å². The standard InChI is InChI=1S/C48H74NO13P/c1-3-5-7-8-9-10-11-12-13-14-15-16-17-18-19-20-21-22-28-32-47(54)62-40(37-60-63(57,58)61-38-43(49)48(55)56)36-59-46(53)31-27-24-23-26-30-41-42(45(52)35-44(41)51)34-33-39(50)29-25-6-4-2/h5,7,9-10,12-13,15-16,18-19,21-23,26,33-34,39-44,50-51H,3-4,6,8,11,14,17,20,24-25,27-32,35-38,49H2,1-2H3,(H,55,56)(H,57,58)/b7-5-,10-9-,13-12-,16-15-,19-18-,22-21-,26-23-,34-33+/t39-,40+,41+,42+,43-,44-/m0/s1. The minimum atomic E-state index is -4.81. The molecular formula is C48H74NO13P. The van der Waals surface area contributed by atoms with E-state index in [4.69, 9.17) is 24.8 Å². The van der Waals surface area contributed by atoms with Crippen LogP contribution in [0.15, 0.2) is 97.2 Å². The number of phosphoric acid groups is 1. The number of aliphatic hydroxyl groups is 2. The molecule has 1 saturated carbocycles. The van der Waals surface area contributed by atoms with Gasteiger partial charge < -0.3 is 35.4 Å². The van der Waals surface area contributed by atoms with E-state index in [1.807, 2.05) is 30.4 Å². The molecular weight excluding hydrogens is 829 g/mol. The van der Waals surface area contributed by atoms with E-state index >= 15 is 0 Å². The zero-order chi connectivity index (χ0) is 46.6. The summed E-state index contributed by atoms with van der Waals surface area (Å²) in [4.78, 5) is 58.7. The summed E-state index contributed by atoms with van der Waals surface area (Å²) < 4.78 is 32.6. The van der Waals surface area contributed by atoms with Crippen molar-refractivity contribution in [2.24, 2.45) is 17.6 Å². The molecule has 0 aliphatic heterocycles. The van der Waals surface area contributed by atoms with E-state index in [-0.39, 0.29) is 31.0 Å². The Morgan fingerprint density at radius 3 is 1.92 bits per heavy atom. The van der Waals surface area contributed by atoms with Crippen molar-refractivity contribution in [2.45, 2.75) is 147 Å². The minimum Gasteiger partial charge on any atom is -0.480 e. The molecule has 15 heteroatoms. The molecule has 1 fully saturated rings. The first-order valence-electron chi connectivity index (χ1n) is 22.4. The van der Waals surface area contributed by atoms with Gasteiger partial charge in [-0.3, -0.25) is 28.2 Å². The van der Waals surface area contributed by atoms with Gasteiger partial charge in [0.15, 0.2) is 6.10 Å². The molecule has 1 aliphatic rings. The summed E-state index contributed by atoms with van der Waals surface area (Å²) in [5.74, 6) is -3.57. The predicted octanol–water partition coefficient (Wildman–Crippen LogP) is 8.64. The number of carbonyl (C=O) groups is 4. The highest BCUT2D eigenvalue weighted by atomic mass is 31.2. The monoisotopic (exact) mass is 903 g/mol. The molecule has 0 bridgehead atoms. The van der Waals surface area contributed by atoms with Crippen LogP contribution in [-0.4, -0.2) is 88.1 Å². The zero-order valence-electron chi connectivity index (χ0n) is 37.3. The fraction of sp³-hybridized carbons (Fsp3) is 0.583. The van der Waals surface area contributed by atoms with E-state index < -0.39 is 75.8 Å². The lowest BCUT2D eigenvalue weighted by Gasteiger charge is -2.20. The average molecular weight is 904 g/mol. The van der Waals surface area contributed by atoms with E-state index in [0.29, 0.717) is 38.5 Å². The highest BCUT2D eigenvalue weighted by molar-refractivity contribution is 7.47. The maximum atomic E-state index is 12.7. The third-order valence-corrected chi connectivity index (χ3v) is 10.7. The number of carboxylic acid groups (broad SMARTS) is 1. The lowest BCUT2D eigenvalue weighted by atomic mass is 9.90. The maximum absolute atomic E-state index is 12.7. The molecule has 0 spiro atoms. The topological polar surface area (TPSA) is 229 Å². The smallest absolute Gasteiger partial charge is 0.472 e. The number of rotatable bonds is 36. The van der Waals surface area contributed by atoms with Crippen LogP contribution in [0.2, 0.25) is 0 Å². The lowest BCUT2D eigenvalue weighted by molar-refractivity contribution is -0.161. The summed E-state index contributed by atoms with van der Waals surface area (Å²) in [7, 11) is -4.81. The Bertz CT molecular complexity index is 1600. The number of aliphatic carboxylic acids is 1. The quantitative estimate of drug-likeness (QED) is 0.0172. The largest absolute Gasteiger partial charge is 0.480 e. The second-order valence-electron chi connectivity index (χ2n) is 15.2. The second kappa shape index (κ2) is 36.3. The zero-order valence-corrected chi connectivity index (χ0v) is 38.2. The van der Waals surface area contributed by atoms with Crippen LogP contribution in [0, 0.1) is 11.8 Å². The van der Waals surface area contributed by atoms with Gasteiger partial charge >= 0.3 is 25.7 Å². The van der Waals surface area contributed by atoms with E-state index in [2.05, 4.69) is 73.1 Å². The van der Waals surface area contributed by atoms with Crippen molar-refractivity contribution in [1.29, 1.82) is 0 Å². The van der Waals surface area contributed by atoms with Crippen molar-refractivity contribution in [3.63, 3.8) is 0 Å². The van der Waals surface area contributed by atoms with Crippen LogP contribution >= 0.6 is 7.82 Å². The molecule has 354 valence electrons. The first-order valence-corrected chi connectivity index (χ1v) is 23.9. The number of carbonyl (C=O) groups excluding carboxylic acids is 3. The fourth-order valence-electron chi connectivity index (χ4n) is 6.13. The molecule has 0 aromatic carbocycles. The van der Waals surface area contributed by atoms with Crippen molar-refractivity contribution >= 4 is 31.5 Å². The molecule has 1 unspecified atom stereocenters. The normalized spacial score (nSPS) is 19.8. The van der Waals surface area contributed by atoms with E-state index in [1.165, 1.54) is 0 Å². The molecule has 0 aromatic heterocycles. The van der Waals surface area contributed by atoms with Crippen molar-refractivity contribution in [3.05, 3.63) is 97.2 Å². The Morgan fingerprint density at radius 1 is 0.762 bits per heavy atom. The molecule has 0 heterocycles. The molecule has 1 aliphatic carbocycles. The number of ketones is 1. The van der Waals surface area contributed by atoms with Gasteiger partial charge in [-0.1, -0.05) is 130 Å². The SMILES string of the molecule is CC/C=C\C/C=C\C/C=C\C/C=C\C/C=C\C/C=C\CCC(=O)O[C@H](COC(=O)CCC/C=C\C[C@H]1[C@@H](O)CC(=O)[C@@H]1/C=C/[C@@H](O)CCCCC)COP(=O)(O)OC[C@H](N)C(=O)O. The molecule has 0 radical (unpaired) electrons. The molecule has 7 atom stereocenters. The first kappa shape index (κ1) is 57.0. The van der Waals surface area contributed by atoms with Gasteiger partial charge in [0.1, 0.15) is 18.4 Å². The molecule has 0 amide bonds. The van der Waals surface area contributed by atoms with Gasteiger partial charge in [0.05, 0.1) is 25.4 Å². The number of carboxylic acids is 1. The van der Waals surface area contributed by atoms with E-state index in [0.717, 1.165) is 51.4 Å². The fourth-order valence-corrected chi connectivity index (χ4v) is 6.91. The number of ether oxygens (including phenoxy) is 2. The Morgan fingerprint density at radius 2 is 1.33 bits per heavy atom. The molecule has 0 aromatic rings. The van der Waals surface area contributed by atoms with E-state index in [1.54, 1.807) is 12.2 Å². The van der Waals surface area contributed by atoms with Crippen molar-refractivity contribution < 1.29 is 62.5 Å². The van der Waals surface area contributed by atoms with Gasteiger partial charge in [0.25, 0.3) is 0 Å². The molecule has 0 saturated heterocycles. The Hall–Kier alpha value is -4.01. The second-order valence-corrected chi connectivity index (χ2v) is 16.7. The van der Waals surface area contributed by atoms with Crippen molar-refractivity contribution in [1.82, 2.24) is 0 Å². The van der Waals surface area contributed by atoms with Gasteiger partial charge in [0.2, 0.25) is 0 Å². The van der Waals surface area contributed by atoms with Crippen molar-refractivity contribution in [3.8, 4) is 0 Å². The van der Waals surface area contributed by atoms with Gasteiger partial charge in [-0.15, -0.1) is 0 Å². The molecule has 14 nitrogen and oxygen atoms in total. The highest BCUT2D eigenvalue weighted by Crippen LogP contribution is 2.43. The Balaban J connectivity index is 2.55. The number of hydrogen-bond acceptors (Lipinski definition) is 12. The number of esters is 2. The average Bonchev–Trinajstić information content (AvgIpc) is 3.52.